The second-order valence-corrected chi connectivity index (χ2v) is 6.99. The summed E-state index contributed by atoms with van der Waals surface area (Å²) in [5.74, 6) is 3.17. The fourth-order valence-electron chi connectivity index (χ4n) is 3.43. The highest BCUT2D eigenvalue weighted by atomic mass is 16.6. The zero-order valence-electron chi connectivity index (χ0n) is 15.6. The predicted molar refractivity (Wildman–Crippen MR) is 105 cm³/mol. The quantitative estimate of drug-likeness (QED) is 0.407. The van der Waals surface area contributed by atoms with Crippen molar-refractivity contribution >= 4 is 0 Å². The normalized spacial score (nSPS) is 13.1. The molecule has 2 heterocycles. The van der Waals surface area contributed by atoms with Gasteiger partial charge in [0.25, 0.3) is 5.88 Å². The van der Waals surface area contributed by atoms with Gasteiger partial charge in [0.15, 0.2) is 17.2 Å². The molecule has 0 N–H and O–H groups in total. The van der Waals surface area contributed by atoms with Gasteiger partial charge in [-0.2, -0.15) is 5.10 Å². The summed E-state index contributed by atoms with van der Waals surface area (Å²) in [5, 5.41) is 8.55. The Kier molecular flexibility index (Phi) is 5.33. The van der Waals surface area contributed by atoms with Crippen molar-refractivity contribution in [2.24, 2.45) is 5.92 Å². The van der Waals surface area contributed by atoms with Crippen LogP contribution in [0.2, 0.25) is 0 Å². The van der Waals surface area contributed by atoms with Gasteiger partial charge in [-0.05, 0) is 49.3 Å². The summed E-state index contributed by atoms with van der Waals surface area (Å²) in [6, 6.07) is 20.3. The molecule has 0 bridgehead atoms. The van der Waals surface area contributed by atoms with Gasteiger partial charge in [0.1, 0.15) is 0 Å². The molecule has 0 fully saturated rings. The third-order valence-corrected chi connectivity index (χ3v) is 5.12. The molecule has 0 radical (unpaired) electrons. The lowest BCUT2D eigenvalue weighted by Gasteiger charge is -2.19. The van der Waals surface area contributed by atoms with Crippen LogP contribution in [0, 0.1) is 5.92 Å². The first kappa shape index (κ1) is 17.5. The van der Waals surface area contributed by atoms with Gasteiger partial charge in [-0.25, -0.2) is 0 Å². The van der Waals surface area contributed by atoms with Crippen LogP contribution in [0.4, 0.5) is 0 Å². The average Bonchev–Trinajstić information content (AvgIpc) is 2.73. The van der Waals surface area contributed by atoms with E-state index in [0.29, 0.717) is 23.3 Å². The number of hydrogen-bond donors (Lipinski definition) is 0. The molecule has 1 atom stereocenters. The maximum atomic E-state index is 5.93. The number of aryl methyl sites for hydroxylation is 2. The number of para-hydroxylation sites is 2. The summed E-state index contributed by atoms with van der Waals surface area (Å²) in [6.07, 6.45) is 5.51. The SMILES string of the molecule is CCC(CCc1ccccc1)CCc1cc2c(nn1)Oc1ccccc1O2. The Labute approximate surface area is 160 Å². The Bertz CT molecular complexity index is 896. The van der Waals surface area contributed by atoms with E-state index in [9.17, 15) is 0 Å². The molecule has 1 unspecified atom stereocenters. The van der Waals surface area contributed by atoms with E-state index in [4.69, 9.17) is 9.47 Å². The van der Waals surface area contributed by atoms with E-state index in [0.717, 1.165) is 30.7 Å². The summed E-state index contributed by atoms with van der Waals surface area (Å²) in [6.45, 7) is 2.27. The van der Waals surface area contributed by atoms with Crippen molar-refractivity contribution in [2.75, 3.05) is 0 Å². The zero-order valence-corrected chi connectivity index (χ0v) is 15.6. The van der Waals surface area contributed by atoms with Crippen molar-refractivity contribution in [3.8, 4) is 23.1 Å². The van der Waals surface area contributed by atoms with E-state index < -0.39 is 0 Å². The van der Waals surface area contributed by atoms with Crippen LogP contribution < -0.4 is 9.47 Å². The number of aromatic nitrogens is 2. The molecule has 4 heteroatoms. The van der Waals surface area contributed by atoms with Gasteiger partial charge in [0, 0.05) is 6.07 Å². The highest BCUT2D eigenvalue weighted by Crippen LogP contribution is 2.43. The van der Waals surface area contributed by atoms with Crippen LogP contribution >= 0.6 is 0 Å². The van der Waals surface area contributed by atoms with Crippen LogP contribution in [0.15, 0.2) is 60.7 Å². The largest absolute Gasteiger partial charge is 0.448 e. The van der Waals surface area contributed by atoms with Gasteiger partial charge < -0.3 is 9.47 Å². The van der Waals surface area contributed by atoms with Crippen LogP contribution in [0.3, 0.4) is 0 Å². The third-order valence-electron chi connectivity index (χ3n) is 5.12. The van der Waals surface area contributed by atoms with Crippen LogP contribution in [-0.4, -0.2) is 10.2 Å². The first-order chi connectivity index (χ1) is 13.3. The monoisotopic (exact) mass is 360 g/mol. The van der Waals surface area contributed by atoms with Gasteiger partial charge in [0.2, 0.25) is 0 Å². The van der Waals surface area contributed by atoms with Gasteiger partial charge in [0.05, 0.1) is 5.69 Å². The number of rotatable bonds is 7. The summed E-state index contributed by atoms with van der Waals surface area (Å²) < 4.78 is 11.7. The van der Waals surface area contributed by atoms with Crippen molar-refractivity contribution in [3.05, 3.63) is 71.9 Å². The summed E-state index contributed by atoms with van der Waals surface area (Å²) in [7, 11) is 0. The smallest absolute Gasteiger partial charge is 0.282 e. The minimum Gasteiger partial charge on any atom is -0.448 e. The van der Waals surface area contributed by atoms with Gasteiger partial charge in [-0.3, -0.25) is 0 Å². The van der Waals surface area contributed by atoms with Crippen LogP contribution in [0.25, 0.3) is 0 Å². The molecular weight excluding hydrogens is 336 g/mol. The first-order valence-corrected chi connectivity index (χ1v) is 9.67. The van der Waals surface area contributed by atoms with E-state index in [-0.39, 0.29) is 0 Å². The number of hydrogen-bond acceptors (Lipinski definition) is 4. The van der Waals surface area contributed by atoms with Crippen molar-refractivity contribution in [3.63, 3.8) is 0 Å². The molecule has 27 heavy (non-hydrogen) atoms. The predicted octanol–water partition coefficient (Wildman–Crippen LogP) is 5.97. The topological polar surface area (TPSA) is 44.2 Å². The number of fused-ring (bicyclic) bond motifs is 2. The fourth-order valence-corrected chi connectivity index (χ4v) is 3.43. The van der Waals surface area contributed by atoms with Crippen molar-refractivity contribution in [1.82, 2.24) is 10.2 Å². The molecule has 4 rings (SSSR count). The molecule has 1 aliphatic rings. The highest BCUT2D eigenvalue weighted by molar-refractivity contribution is 5.51. The minimum atomic E-state index is 0.438. The molecule has 1 aliphatic heterocycles. The molecule has 0 saturated carbocycles. The molecule has 0 amide bonds. The maximum absolute atomic E-state index is 5.93. The van der Waals surface area contributed by atoms with E-state index >= 15 is 0 Å². The third kappa shape index (κ3) is 4.27. The van der Waals surface area contributed by atoms with Crippen LogP contribution in [-0.2, 0) is 12.8 Å². The lowest BCUT2D eigenvalue weighted by molar-refractivity contribution is 0.341. The second kappa shape index (κ2) is 8.21. The van der Waals surface area contributed by atoms with E-state index in [1.165, 1.54) is 18.4 Å². The highest BCUT2D eigenvalue weighted by Gasteiger charge is 2.20. The fraction of sp³-hybridized carbons (Fsp3) is 0.304. The maximum Gasteiger partial charge on any atom is 0.282 e. The van der Waals surface area contributed by atoms with Crippen LogP contribution in [0.5, 0.6) is 23.1 Å². The Morgan fingerprint density at radius 1 is 0.778 bits per heavy atom. The lowest BCUT2D eigenvalue weighted by atomic mass is 9.92. The Morgan fingerprint density at radius 2 is 1.48 bits per heavy atom. The Morgan fingerprint density at radius 3 is 2.26 bits per heavy atom. The summed E-state index contributed by atoms with van der Waals surface area (Å²) in [4.78, 5) is 0. The molecular formula is C23H24N2O2. The average molecular weight is 360 g/mol. The molecule has 138 valence electrons. The second-order valence-electron chi connectivity index (χ2n) is 6.99. The zero-order chi connectivity index (χ0) is 18.5. The number of ether oxygens (including phenoxy) is 2. The Balaban J connectivity index is 1.36. The van der Waals surface area contributed by atoms with Crippen molar-refractivity contribution < 1.29 is 9.47 Å². The van der Waals surface area contributed by atoms with Crippen molar-refractivity contribution in [2.45, 2.75) is 39.0 Å². The van der Waals surface area contributed by atoms with Gasteiger partial charge >= 0.3 is 0 Å². The van der Waals surface area contributed by atoms with Gasteiger partial charge in [-0.15, -0.1) is 5.10 Å². The Hall–Kier alpha value is -2.88. The van der Waals surface area contributed by atoms with E-state index in [2.05, 4.69) is 47.5 Å². The molecule has 1 aromatic heterocycles. The van der Waals surface area contributed by atoms with Crippen molar-refractivity contribution in [1.29, 1.82) is 0 Å². The van der Waals surface area contributed by atoms with E-state index in [1.807, 2.05) is 30.3 Å². The standard InChI is InChI=1S/C23H24N2O2/c1-2-17(12-13-18-8-4-3-5-9-18)14-15-19-16-22-23(25-24-19)27-21-11-7-6-10-20(21)26-22/h3-11,16-17H,2,12-15H2,1H3. The lowest BCUT2D eigenvalue weighted by Crippen LogP contribution is -2.07. The molecule has 3 aromatic rings. The van der Waals surface area contributed by atoms with Gasteiger partial charge in [-0.1, -0.05) is 55.8 Å². The minimum absolute atomic E-state index is 0.438. The summed E-state index contributed by atoms with van der Waals surface area (Å²) >= 11 is 0. The molecule has 4 nitrogen and oxygen atoms in total. The molecule has 0 spiro atoms. The molecule has 0 saturated heterocycles. The van der Waals surface area contributed by atoms with E-state index in [1.54, 1.807) is 0 Å². The number of benzene rings is 2. The number of nitrogens with zero attached hydrogens (tertiary/aromatic N) is 2. The van der Waals surface area contributed by atoms with Crippen LogP contribution in [0.1, 0.15) is 37.4 Å². The molecule has 2 aromatic carbocycles. The molecule has 0 aliphatic carbocycles. The summed E-state index contributed by atoms with van der Waals surface area (Å²) in [5.41, 5.74) is 2.36. The first-order valence-electron chi connectivity index (χ1n) is 9.67.